The number of hydrogen-bond acceptors (Lipinski definition) is 4. The highest BCUT2D eigenvalue weighted by Gasteiger charge is 2.24. The lowest BCUT2D eigenvalue weighted by Gasteiger charge is -2.14. The van der Waals surface area contributed by atoms with Crippen LogP contribution >= 0.6 is 23.2 Å². The zero-order valence-corrected chi connectivity index (χ0v) is 12.7. The van der Waals surface area contributed by atoms with Crippen LogP contribution in [0, 0.1) is 13.8 Å². The minimum absolute atomic E-state index is 0.0427. The molecule has 6 nitrogen and oxygen atoms in total. The van der Waals surface area contributed by atoms with Crippen LogP contribution in [0.4, 0.5) is 4.79 Å². The van der Waals surface area contributed by atoms with Crippen LogP contribution in [0.15, 0.2) is 11.0 Å². The molecule has 0 bridgehead atoms. The molecular weight excluding hydrogens is 315 g/mol. The number of rotatable bonds is 3. The molecule has 9 heteroatoms. The monoisotopic (exact) mass is 326 g/mol. The van der Waals surface area contributed by atoms with E-state index in [1.54, 1.807) is 13.0 Å². The summed E-state index contributed by atoms with van der Waals surface area (Å²) in [6, 6.07) is 1.56. The maximum atomic E-state index is 12.1. The predicted octanol–water partition coefficient (Wildman–Crippen LogP) is 2.16. The Bertz CT molecular complexity index is 590. The SMILES string of the molecule is COC(=O)NNS(=O)(=O)c1c(C)c(Cl)cc(C)c1Cl. The molecule has 0 radical (unpaired) electrons. The fraction of sp³-hybridized carbons (Fsp3) is 0.300. The lowest BCUT2D eigenvalue weighted by molar-refractivity contribution is 0.169. The predicted molar refractivity (Wildman–Crippen MR) is 71.8 cm³/mol. The summed E-state index contributed by atoms with van der Waals surface area (Å²) in [5, 5.41) is 0.307. The lowest BCUT2D eigenvalue weighted by atomic mass is 10.2. The summed E-state index contributed by atoms with van der Waals surface area (Å²) in [4.78, 5) is 12.6. The van der Waals surface area contributed by atoms with Crippen molar-refractivity contribution >= 4 is 39.3 Å². The largest absolute Gasteiger partial charge is 0.452 e. The van der Waals surface area contributed by atoms with Gasteiger partial charge in [-0.1, -0.05) is 23.2 Å². The third-order valence-electron chi connectivity index (χ3n) is 2.33. The van der Waals surface area contributed by atoms with E-state index in [2.05, 4.69) is 4.74 Å². The molecule has 106 valence electrons. The van der Waals surface area contributed by atoms with Crippen molar-refractivity contribution in [3.63, 3.8) is 0 Å². The van der Waals surface area contributed by atoms with Crippen molar-refractivity contribution in [1.29, 1.82) is 0 Å². The van der Waals surface area contributed by atoms with Crippen molar-refractivity contribution in [2.24, 2.45) is 0 Å². The molecule has 0 unspecified atom stereocenters. The van der Waals surface area contributed by atoms with Gasteiger partial charge < -0.3 is 4.74 Å². The molecule has 1 rings (SSSR count). The van der Waals surface area contributed by atoms with E-state index in [-0.39, 0.29) is 20.5 Å². The first-order valence-electron chi connectivity index (χ1n) is 5.01. The first-order valence-corrected chi connectivity index (χ1v) is 7.25. The number of ether oxygens (including phenoxy) is 1. The van der Waals surface area contributed by atoms with Crippen molar-refractivity contribution in [2.45, 2.75) is 18.7 Å². The number of aryl methyl sites for hydroxylation is 1. The molecule has 0 spiro atoms. The Morgan fingerprint density at radius 2 is 1.89 bits per heavy atom. The van der Waals surface area contributed by atoms with Crippen LogP contribution in [-0.4, -0.2) is 21.6 Å². The Balaban J connectivity index is 3.25. The highest BCUT2D eigenvalue weighted by atomic mass is 35.5. The highest BCUT2D eigenvalue weighted by Crippen LogP contribution is 2.32. The Kier molecular flexibility index (Phi) is 5.03. The van der Waals surface area contributed by atoms with Gasteiger partial charge in [-0.2, -0.15) is 0 Å². The Hall–Kier alpha value is -1.02. The van der Waals surface area contributed by atoms with Crippen molar-refractivity contribution in [2.75, 3.05) is 7.11 Å². The van der Waals surface area contributed by atoms with Gasteiger partial charge in [-0.3, -0.25) is 0 Å². The molecule has 0 saturated heterocycles. The third-order valence-corrected chi connectivity index (χ3v) is 4.74. The first-order chi connectivity index (χ1) is 8.70. The number of amides is 1. The van der Waals surface area contributed by atoms with Crippen LogP contribution in [0.5, 0.6) is 0 Å². The number of carbonyl (C=O) groups is 1. The van der Waals surface area contributed by atoms with Crippen molar-refractivity contribution in [3.05, 3.63) is 27.2 Å². The van der Waals surface area contributed by atoms with E-state index in [1.165, 1.54) is 6.92 Å². The van der Waals surface area contributed by atoms with E-state index in [4.69, 9.17) is 23.2 Å². The summed E-state index contributed by atoms with van der Waals surface area (Å²) >= 11 is 11.9. The van der Waals surface area contributed by atoms with Gasteiger partial charge in [-0.05, 0) is 31.0 Å². The van der Waals surface area contributed by atoms with Gasteiger partial charge in [0.25, 0.3) is 10.0 Å². The second-order valence-corrected chi connectivity index (χ2v) is 6.07. The molecule has 0 aliphatic rings. The number of carbonyl (C=O) groups excluding carboxylic acids is 1. The van der Waals surface area contributed by atoms with Gasteiger partial charge in [-0.15, -0.1) is 4.83 Å². The molecule has 1 aromatic carbocycles. The van der Waals surface area contributed by atoms with E-state index < -0.39 is 16.1 Å². The minimum atomic E-state index is -4.05. The van der Waals surface area contributed by atoms with Crippen molar-refractivity contribution < 1.29 is 17.9 Å². The molecule has 0 heterocycles. The molecule has 0 aliphatic heterocycles. The average molecular weight is 327 g/mol. The molecule has 2 N–H and O–H groups in total. The van der Waals surface area contributed by atoms with E-state index in [1.807, 2.05) is 10.3 Å². The first kappa shape index (κ1) is 16.0. The average Bonchev–Trinajstić information content (AvgIpc) is 2.33. The zero-order chi connectivity index (χ0) is 14.8. The summed E-state index contributed by atoms with van der Waals surface area (Å²) < 4.78 is 28.4. The second-order valence-electron chi connectivity index (χ2n) is 3.67. The van der Waals surface area contributed by atoms with Gasteiger partial charge in [0.15, 0.2) is 0 Å². The van der Waals surface area contributed by atoms with Gasteiger partial charge >= 0.3 is 6.09 Å². The van der Waals surface area contributed by atoms with Crippen LogP contribution in [0.2, 0.25) is 10.0 Å². The maximum absolute atomic E-state index is 12.1. The molecule has 1 aromatic rings. The zero-order valence-electron chi connectivity index (χ0n) is 10.4. The van der Waals surface area contributed by atoms with Gasteiger partial charge in [0.1, 0.15) is 4.90 Å². The molecule has 0 saturated carbocycles. The van der Waals surface area contributed by atoms with Gasteiger partial charge in [0.2, 0.25) is 0 Å². The standard InChI is InChI=1S/C10H12Cl2N2O4S/c1-5-4-7(11)6(2)9(8(5)12)19(16,17)14-13-10(15)18-3/h4,14H,1-3H3,(H,13,15). The molecule has 0 atom stereocenters. The number of benzene rings is 1. The summed E-state index contributed by atoms with van der Waals surface area (Å²) in [6.07, 6.45) is -0.948. The fourth-order valence-electron chi connectivity index (χ4n) is 1.34. The van der Waals surface area contributed by atoms with E-state index >= 15 is 0 Å². The minimum Gasteiger partial charge on any atom is -0.452 e. The summed E-state index contributed by atoms with van der Waals surface area (Å²) in [5.74, 6) is 0. The number of sulfonamides is 1. The van der Waals surface area contributed by atoms with Crippen LogP contribution < -0.4 is 10.3 Å². The smallest absolute Gasteiger partial charge is 0.422 e. The number of halogens is 2. The lowest BCUT2D eigenvalue weighted by Crippen LogP contribution is -2.41. The van der Waals surface area contributed by atoms with Gasteiger partial charge in [0, 0.05) is 5.02 Å². The molecule has 0 fully saturated rings. The van der Waals surface area contributed by atoms with E-state index in [0.717, 1.165) is 7.11 Å². The summed E-state index contributed by atoms with van der Waals surface area (Å²) in [7, 11) is -2.95. The molecule has 19 heavy (non-hydrogen) atoms. The topological polar surface area (TPSA) is 84.5 Å². The Labute approximate surface area is 121 Å². The third kappa shape index (κ3) is 3.50. The highest BCUT2D eigenvalue weighted by molar-refractivity contribution is 7.89. The maximum Gasteiger partial charge on any atom is 0.422 e. The van der Waals surface area contributed by atoms with Crippen molar-refractivity contribution in [1.82, 2.24) is 10.3 Å². The summed E-state index contributed by atoms with van der Waals surface area (Å²) in [5.41, 5.74) is 2.66. The normalized spacial score (nSPS) is 11.2. The molecule has 1 amide bonds. The molecular formula is C10H12Cl2N2O4S. The van der Waals surface area contributed by atoms with E-state index in [0.29, 0.717) is 5.56 Å². The van der Waals surface area contributed by atoms with Gasteiger partial charge in [-0.25, -0.2) is 18.6 Å². The Morgan fingerprint density at radius 3 is 2.42 bits per heavy atom. The Morgan fingerprint density at radius 1 is 1.32 bits per heavy atom. The molecule has 0 aliphatic carbocycles. The van der Waals surface area contributed by atoms with Crippen LogP contribution in [0.3, 0.4) is 0 Å². The van der Waals surface area contributed by atoms with Crippen LogP contribution in [0.1, 0.15) is 11.1 Å². The van der Waals surface area contributed by atoms with Crippen molar-refractivity contribution in [3.8, 4) is 0 Å². The van der Waals surface area contributed by atoms with Crippen LogP contribution in [-0.2, 0) is 14.8 Å². The number of nitrogens with one attached hydrogen (secondary N) is 2. The van der Waals surface area contributed by atoms with E-state index in [9.17, 15) is 13.2 Å². The molecule has 0 aromatic heterocycles. The van der Waals surface area contributed by atoms with Crippen LogP contribution in [0.25, 0.3) is 0 Å². The quantitative estimate of drug-likeness (QED) is 0.833. The number of hydrogen-bond donors (Lipinski definition) is 2. The number of methoxy groups -OCH3 is 1. The number of hydrazine groups is 1. The second kappa shape index (κ2) is 5.96. The van der Waals surface area contributed by atoms with Gasteiger partial charge in [0.05, 0.1) is 12.1 Å². The fourth-order valence-corrected chi connectivity index (χ4v) is 3.39. The summed E-state index contributed by atoms with van der Waals surface area (Å²) in [6.45, 7) is 3.14.